The van der Waals surface area contributed by atoms with Crippen LogP contribution in [0.25, 0.3) is 50.4 Å². The second-order valence-corrected chi connectivity index (χ2v) is 13.6. The van der Waals surface area contributed by atoms with Crippen LogP contribution in [0.4, 0.5) is 17.1 Å². The lowest BCUT2D eigenvalue weighted by Gasteiger charge is -2.34. The molecule has 0 atom stereocenters. The normalized spacial score (nSPS) is 13.0. The number of aliphatic imine (C=N–C) groups is 1. The van der Waals surface area contributed by atoms with Gasteiger partial charge in [-0.05, 0) is 147 Å². The van der Waals surface area contributed by atoms with Gasteiger partial charge in [-0.3, -0.25) is 4.99 Å². The van der Waals surface area contributed by atoms with E-state index in [0.29, 0.717) is 0 Å². The highest BCUT2D eigenvalue weighted by molar-refractivity contribution is 6.00. The lowest BCUT2D eigenvalue weighted by Crippen LogP contribution is -2.22. The summed E-state index contributed by atoms with van der Waals surface area (Å²) in [5.74, 6) is 0. The van der Waals surface area contributed by atoms with E-state index in [4.69, 9.17) is 0 Å². The Hall–Kier alpha value is -5.99. The molecule has 1 heterocycles. The van der Waals surface area contributed by atoms with Crippen LogP contribution in [-0.2, 0) is 6.54 Å². The fraction of sp³-hybridized carbons (Fsp3) is 0.140. The summed E-state index contributed by atoms with van der Waals surface area (Å²) in [5, 5.41) is 5.04. The van der Waals surface area contributed by atoms with Crippen LogP contribution in [0.2, 0.25) is 0 Å². The first-order chi connectivity index (χ1) is 25.4. The minimum atomic E-state index is 0.728. The van der Waals surface area contributed by atoms with E-state index in [1.807, 2.05) is 18.2 Å². The molecule has 1 aliphatic rings. The molecule has 0 fully saturated rings. The second kappa shape index (κ2) is 14.7. The van der Waals surface area contributed by atoms with E-state index >= 15 is 0 Å². The third-order valence-corrected chi connectivity index (χ3v) is 10.6. The summed E-state index contributed by atoms with van der Waals surface area (Å²) in [6, 6.07) is 37.1. The number of benzene rings is 6. The largest absolute Gasteiger partial charge is 0.335 e. The monoisotopic (exact) mass is 674 g/mol. The van der Waals surface area contributed by atoms with Crippen molar-refractivity contribution in [2.45, 2.75) is 47.1 Å². The van der Waals surface area contributed by atoms with Gasteiger partial charge in [-0.2, -0.15) is 0 Å². The van der Waals surface area contributed by atoms with Gasteiger partial charge in [0.05, 0.1) is 17.1 Å². The number of rotatable bonds is 10. The Morgan fingerprint density at radius 2 is 1.44 bits per heavy atom. The molecule has 0 aromatic heterocycles. The number of hydrogen-bond donors (Lipinski definition) is 0. The van der Waals surface area contributed by atoms with E-state index in [1.165, 1.54) is 66.1 Å². The van der Waals surface area contributed by atoms with Crippen LogP contribution in [0.5, 0.6) is 0 Å². The molecule has 0 spiro atoms. The van der Waals surface area contributed by atoms with Gasteiger partial charge >= 0.3 is 0 Å². The molecule has 0 bridgehead atoms. The smallest absolute Gasteiger partial charge is 0.0859 e. The molecule has 0 N–H and O–H groups in total. The van der Waals surface area contributed by atoms with Gasteiger partial charge in [0.25, 0.3) is 0 Å². The van der Waals surface area contributed by atoms with Crippen molar-refractivity contribution >= 4 is 63.0 Å². The van der Waals surface area contributed by atoms with Crippen LogP contribution < -0.4 is 4.90 Å². The Morgan fingerprint density at radius 3 is 2.15 bits per heavy atom. The zero-order chi connectivity index (χ0) is 36.4. The highest BCUT2D eigenvalue weighted by Crippen LogP contribution is 2.47. The summed E-state index contributed by atoms with van der Waals surface area (Å²) in [7, 11) is 0. The van der Waals surface area contributed by atoms with Crippen molar-refractivity contribution in [1.29, 1.82) is 0 Å². The summed E-state index contributed by atoms with van der Waals surface area (Å²) in [4.78, 5) is 6.79. The van der Waals surface area contributed by atoms with Crippen molar-refractivity contribution in [3.8, 4) is 11.1 Å². The molecule has 256 valence electrons. The number of fused-ring (bicyclic) bond motifs is 5. The first-order valence-corrected chi connectivity index (χ1v) is 18.3. The quantitative estimate of drug-likeness (QED) is 0.104. The zero-order valence-corrected chi connectivity index (χ0v) is 30.8. The van der Waals surface area contributed by atoms with Gasteiger partial charge in [-0.1, -0.05) is 124 Å². The SMILES string of the molecule is C=C/C(=C\C(=C)/C(=C/c1c(C)c(C)c(/C=C\CC)c2ccccc12)CC)c1ccc2c(c1)N(c1ccccc1N=C)Cc1cc3ccccc3cc1-2. The molecule has 2 heteroatoms. The Bertz CT molecular complexity index is 2490. The Balaban J connectivity index is 1.33. The molecule has 0 aliphatic carbocycles. The van der Waals surface area contributed by atoms with Crippen molar-refractivity contribution in [1.82, 2.24) is 0 Å². The predicted octanol–water partition coefficient (Wildman–Crippen LogP) is 14.3. The number of anilines is 2. The molecule has 6 aromatic rings. The molecular weight excluding hydrogens is 629 g/mol. The number of nitrogens with zero attached hydrogens (tertiary/aromatic N) is 2. The van der Waals surface area contributed by atoms with E-state index < -0.39 is 0 Å². The highest BCUT2D eigenvalue weighted by Gasteiger charge is 2.26. The van der Waals surface area contributed by atoms with Crippen molar-refractivity contribution in [3.63, 3.8) is 0 Å². The van der Waals surface area contributed by atoms with E-state index in [0.717, 1.165) is 53.2 Å². The van der Waals surface area contributed by atoms with E-state index in [2.05, 4.69) is 173 Å². The summed E-state index contributed by atoms with van der Waals surface area (Å²) >= 11 is 0. The Labute approximate surface area is 309 Å². The lowest BCUT2D eigenvalue weighted by atomic mass is 9.87. The summed E-state index contributed by atoms with van der Waals surface area (Å²) in [5.41, 5.74) is 16.3. The zero-order valence-electron chi connectivity index (χ0n) is 30.8. The van der Waals surface area contributed by atoms with Crippen molar-refractivity contribution < 1.29 is 0 Å². The van der Waals surface area contributed by atoms with Gasteiger partial charge in [0.2, 0.25) is 0 Å². The van der Waals surface area contributed by atoms with Crippen LogP contribution in [0.1, 0.15) is 60.1 Å². The second-order valence-electron chi connectivity index (χ2n) is 13.6. The maximum atomic E-state index is 4.62. The molecule has 6 aromatic carbocycles. The minimum absolute atomic E-state index is 0.728. The van der Waals surface area contributed by atoms with Crippen LogP contribution >= 0.6 is 0 Å². The standard InChI is InChI=1S/C50H46N2/c1-8-11-20-42-34(5)35(6)46(44-22-15-14-21-43(42)44)29-36(9-2)33(4)27-37(10-3)40-25-26-45-47-30-39-19-13-12-18-38(39)28-41(47)32-52(50(45)31-40)49-24-17-16-23-48(49)51-7/h10-31H,3-4,7-9,32H2,1-2,5-6H3/b20-11-,36-29+,37-27+. The van der Waals surface area contributed by atoms with Gasteiger partial charge in [-0.15, -0.1) is 0 Å². The van der Waals surface area contributed by atoms with Gasteiger partial charge in [0.15, 0.2) is 0 Å². The van der Waals surface area contributed by atoms with Crippen molar-refractivity contribution in [3.05, 3.63) is 179 Å². The predicted molar refractivity (Wildman–Crippen MR) is 229 cm³/mol. The lowest BCUT2D eigenvalue weighted by molar-refractivity contribution is 0.963. The third kappa shape index (κ3) is 6.26. The topological polar surface area (TPSA) is 15.6 Å². The van der Waals surface area contributed by atoms with Crippen LogP contribution in [0.3, 0.4) is 0 Å². The average molecular weight is 675 g/mol. The number of para-hydroxylation sites is 2. The maximum absolute atomic E-state index is 4.62. The molecule has 0 saturated carbocycles. The van der Waals surface area contributed by atoms with Crippen LogP contribution in [-0.4, -0.2) is 6.72 Å². The molecule has 1 aliphatic heterocycles. The molecule has 0 radical (unpaired) electrons. The van der Waals surface area contributed by atoms with Gasteiger partial charge in [-0.25, -0.2) is 0 Å². The van der Waals surface area contributed by atoms with Gasteiger partial charge in [0.1, 0.15) is 0 Å². The average Bonchev–Trinajstić information content (AvgIpc) is 3.18. The van der Waals surface area contributed by atoms with Gasteiger partial charge in [0, 0.05) is 12.1 Å². The number of hydrogen-bond acceptors (Lipinski definition) is 2. The molecule has 52 heavy (non-hydrogen) atoms. The minimum Gasteiger partial charge on any atom is -0.335 e. The third-order valence-electron chi connectivity index (χ3n) is 10.6. The van der Waals surface area contributed by atoms with Crippen molar-refractivity contribution in [2.75, 3.05) is 4.90 Å². The van der Waals surface area contributed by atoms with E-state index in [9.17, 15) is 0 Å². The molecule has 0 amide bonds. The highest BCUT2D eigenvalue weighted by atomic mass is 15.2. The van der Waals surface area contributed by atoms with Crippen LogP contribution in [0, 0.1) is 13.8 Å². The molecule has 0 saturated heterocycles. The first kappa shape index (κ1) is 34.5. The molecular formula is C50H46N2. The van der Waals surface area contributed by atoms with E-state index in [1.54, 1.807) is 0 Å². The number of allylic oxidation sites excluding steroid dienone is 6. The molecule has 7 rings (SSSR count). The van der Waals surface area contributed by atoms with Gasteiger partial charge < -0.3 is 4.90 Å². The summed E-state index contributed by atoms with van der Waals surface area (Å²) in [6.07, 6.45) is 12.9. The summed E-state index contributed by atoms with van der Waals surface area (Å²) in [6.45, 7) is 22.4. The fourth-order valence-corrected chi connectivity index (χ4v) is 7.66. The summed E-state index contributed by atoms with van der Waals surface area (Å²) < 4.78 is 0. The fourth-order valence-electron chi connectivity index (χ4n) is 7.66. The van der Waals surface area contributed by atoms with E-state index in [-0.39, 0.29) is 0 Å². The van der Waals surface area contributed by atoms with Crippen molar-refractivity contribution in [2.24, 2.45) is 4.99 Å². The first-order valence-electron chi connectivity index (χ1n) is 18.3. The Morgan fingerprint density at radius 1 is 0.769 bits per heavy atom. The maximum Gasteiger partial charge on any atom is 0.0859 e. The Kier molecular flexibility index (Phi) is 9.74. The van der Waals surface area contributed by atoms with Crippen LogP contribution in [0.15, 0.2) is 151 Å². The molecule has 0 unspecified atom stereocenters. The molecule has 2 nitrogen and oxygen atoms in total.